The van der Waals surface area contributed by atoms with Gasteiger partial charge in [-0.15, -0.1) is 0 Å². The maximum atomic E-state index is 10.0. The molecule has 0 aliphatic rings. The fraction of sp³-hybridized carbons (Fsp3) is 0.300. The molecule has 15 heavy (non-hydrogen) atoms. The molecule has 0 amide bonds. The Morgan fingerprint density at radius 2 is 1.93 bits per heavy atom. The van der Waals surface area contributed by atoms with Crippen LogP contribution in [-0.4, -0.2) is 29.0 Å². The van der Waals surface area contributed by atoms with Gasteiger partial charge in [0.1, 0.15) is 5.75 Å². The third-order valence-corrected chi connectivity index (χ3v) is 1.11. The normalized spacial score (nSPS) is 10.9. The molecule has 1 atom stereocenters. The van der Waals surface area contributed by atoms with Crippen LogP contribution in [0.3, 0.4) is 0 Å². The van der Waals surface area contributed by atoms with E-state index in [1.807, 2.05) is 6.07 Å². The summed E-state index contributed by atoms with van der Waals surface area (Å²) in [5.74, 6) is -0.385. The molecule has 0 bridgehead atoms. The summed E-state index contributed by atoms with van der Waals surface area (Å²) in [7, 11) is 0. The number of carboxylic acids is 1. The molecule has 0 saturated heterocycles. The smallest absolute Gasteiger partial charge is 0.341 e. The quantitative estimate of drug-likeness (QED) is 0.633. The van der Waals surface area contributed by atoms with Gasteiger partial charge in [-0.2, -0.15) is 0 Å². The summed E-state index contributed by atoms with van der Waals surface area (Å²) >= 11 is 0. The number of aliphatic hydroxyl groups excluding tert-OH is 1. The van der Waals surface area contributed by atoms with Crippen LogP contribution in [0.4, 0.5) is 0 Å². The molecule has 1 unspecified atom stereocenters. The molecule has 0 saturated carbocycles. The number of hydrogen-bond acceptors (Lipinski definition) is 4. The van der Waals surface area contributed by atoms with E-state index in [4.69, 9.17) is 14.9 Å². The van der Waals surface area contributed by atoms with E-state index in [-0.39, 0.29) is 6.61 Å². The summed E-state index contributed by atoms with van der Waals surface area (Å²) in [6, 6.07) is 8.84. The van der Waals surface area contributed by atoms with Crippen LogP contribution in [0.1, 0.15) is 6.92 Å². The van der Waals surface area contributed by atoms with Gasteiger partial charge in [0.15, 0.2) is 6.61 Å². The Labute approximate surface area is 88.1 Å². The van der Waals surface area contributed by atoms with E-state index in [2.05, 4.69) is 5.73 Å². The van der Waals surface area contributed by atoms with Crippen molar-refractivity contribution < 1.29 is 19.7 Å². The first-order valence-electron chi connectivity index (χ1n) is 4.35. The van der Waals surface area contributed by atoms with Crippen LogP contribution >= 0.6 is 0 Å². The van der Waals surface area contributed by atoms with Crippen molar-refractivity contribution in [3.8, 4) is 5.75 Å². The molecule has 5 nitrogen and oxygen atoms in total. The zero-order valence-electron chi connectivity index (χ0n) is 8.46. The highest BCUT2D eigenvalue weighted by Gasteiger charge is 1.96. The molecule has 0 aliphatic carbocycles. The molecule has 1 rings (SSSR count). The number of nitrogens with two attached hydrogens (primary N) is 1. The Bertz CT molecular complexity index is 271. The van der Waals surface area contributed by atoms with Gasteiger partial charge in [-0.25, -0.2) is 4.79 Å². The number of ether oxygens (including phenoxy) is 1. The van der Waals surface area contributed by atoms with Crippen LogP contribution in [0.25, 0.3) is 0 Å². The topological polar surface area (TPSA) is 92.8 Å². The lowest BCUT2D eigenvalue weighted by molar-refractivity contribution is -0.139. The van der Waals surface area contributed by atoms with Gasteiger partial charge in [0.25, 0.3) is 0 Å². The van der Waals surface area contributed by atoms with Gasteiger partial charge in [-0.05, 0) is 19.1 Å². The van der Waals surface area contributed by atoms with Crippen molar-refractivity contribution >= 4 is 5.97 Å². The van der Waals surface area contributed by atoms with Crippen LogP contribution in [0.2, 0.25) is 0 Å². The third-order valence-electron chi connectivity index (χ3n) is 1.11. The zero-order chi connectivity index (χ0) is 11.7. The summed E-state index contributed by atoms with van der Waals surface area (Å²) in [6.45, 7) is 1.21. The minimum Gasteiger partial charge on any atom is -0.482 e. The van der Waals surface area contributed by atoms with E-state index in [0.29, 0.717) is 5.75 Å². The Kier molecular flexibility index (Phi) is 6.96. The van der Waals surface area contributed by atoms with E-state index in [9.17, 15) is 4.79 Å². The van der Waals surface area contributed by atoms with Crippen molar-refractivity contribution in [2.45, 2.75) is 13.2 Å². The average molecular weight is 213 g/mol. The summed E-state index contributed by atoms with van der Waals surface area (Å²) in [6.07, 6.45) is -0.667. The zero-order valence-corrected chi connectivity index (χ0v) is 8.46. The number of para-hydroxylation sites is 1. The SMILES string of the molecule is CC(N)O.O=C(O)COc1ccccc1. The predicted molar refractivity (Wildman–Crippen MR) is 55.4 cm³/mol. The minimum atomic E-state index is -0.964. The predicted octanol–water partition coefficient (Wildman–Crippen LogP) is 0.433. The highest BCUT2D eigenvalue weighted by atomic mass is 16.5. The monoisotopic (exact) mass is 213 g/mol. The number of carboxylic acid groups (broad SMARTS) is 1. The van der Waals surface area contributed by atoms with Gasteiger partial charge in [0, 0.05) is 0 Å². The first-order valence-corrected chi connectivity index (χ1v) is 4.35. The molecule has 0 radical (unpaired) electrons. The van der Waals surface area contributed by atoms with Crippen molar-refractivity contribution in [1.29, 1.82) is 0 Å². The maximum absolute atomic E-state index is 10.0. The van der Waals surface area contributed by atoms with Crippen molar-refractivity contribution in [2.24, 2.45) is 5.73 Å². The van der Waals surface area contributed by atoms with Crippen LogP contribution < -0.4 is 10.5 Å². The van der Waals surface area contributed by atoms with Crippen molar-refractivity contribution in [3.05, 3.63) is 30.3 Å². The van der Waals surface area contributed by atoms with Gasteiger partial charge in [-0.3, -0.25) is 0 Å². The van der Waals surface area contributed by atoms with E-state index in [0.717, 1.165) is 0 Å². The molecule has 1 aromatic rings. The van der Waals surface area contributed by atoms with Crippen LogP contribution in [0, 0.1) is 0 Å². The van der Waals surface area contributed by atoms with Gasteiger partial charge in [0.05, 0.1) is 6.23 Å². The summed E-state index contributed by atoms with van der Waals surface area (Å²) in [5.41, 5.74) is 4.67. The number of aliphatic hydroxyl groups is 1. The number of carbonyl (C=O) groups is 1. The van der Waals surface area contributed by atoms with Gasteiger partial charge in [-0.1, -0.05) is 18.2 Å². The maximum Gasteiger partial charge on any atom is 0.341 e. The second-order valence-electron chi connectivity index (χ2n) is 2.74. The highest BCUT2D eigenvalue weighted by molar-refractivity contribution is 5.68. The molecular weight excluding hydrogens is 198 g/mol. The lowest BCUT2D eigenvalue weighted by Gasteiger charge is -2.00. The molecule has 0 fully saturated rings. The van der Waals surface area contributed by atoms with Crippen molar-refractivity contribution in [3.63, 3.8) is 0 Å². The molecule has 0 aromatic heterocycles. The third kappa shape index (κ3) is 10.3. The van der Waals surface area contributed by atoms with Crippen LogP contribution in [0.15, 0.2) is 30.3 Å². The molecular formula is C10H15NO4. The summed E-state index contributed by atoms with van der Waals surface area (Å²) < 4.78 is 4.87. The van der Waals surface area contributed by atoms with E-state index < -0.39 is 12.2 Å². The highest BCUT2D eigenvalue weighted by Crippen LogP contribution is 2.07. The first-order chi connectivity index (χ1) is 7.02. The molecule has 4 N–H and O–H groups in total. The lowest BCUT2D eigenvalue weighted by atomic mass is 10.3. The van der Waals surface area contributed by atoms with Crippen LogP contribution in [0.5, 0.6) is 5.75 Å². The van der Waals surface area contributed by atoms with Crippen molar-refractivity contribution in [2.75, 3.05) is 6.61 Å². The molecule has 5 heteroatoms. The largest absolute Gasteiger partial charge is 0.482 e. The minimum absolute atomic E-state index is 0.288. The van der Waals surface area contributed by atoms with Crippen LogP contribution in [-0.2, 0) is 4.79 Å². The molecule has 0 spiro atoms. The Balaban J connectivity index is 0.000000423. The van der Waals surface area contributed by atoms with E-state index in [1.165, 1.54) is 6.92 Å². The number of rotatable bonds is 3. The molecule has 0 aliphatic heterocycles. The molecule has 1 aromatic carbocycles. The van der Waals surface area contributed by atoms with Crippen molar-refractivity contribution in [1.82, 2.24) is 0 Å². The summed E-state index contributed by atoms with van der Waals surface area (Å²) in [5, 5.41) is 16.1. The Morgan fingerprint density at radius 3 is 2.33 bits per heavy atom. The second-order valence-corrected chi connectivity index (χ2v) is 2.74. The van der Waals surface area contributed by atoms with Gasteiger partial charge in [0.2, 0.25) is 0 Å². The van der Waals surface area contributed by atoms with E-state index >= 15 is 0 Å². The van der Waals surface area contributed by atoms with E-state index in [1.54, 1.807) is 24.3 Å². The average Bonchev–Trinajstić information content (AvgIpc) is 2.15. The fourth-order valence-corrected chi connectivity index (χ4v) is 0.662. The Hall–Kier alpha value is -1.59. The number of aliphatic carboxylic acids is 1. The first kappa shape index (κ1) is 13.4. The Morgan fingerprint density at radius 1 is 1.47 bits per heavy atom. The van der Waals surface area contributed by atoms with Gasteiger partial charge >= 0.3 is 5.97 Å². The fourth-order valence-electron chi connectivity index (χ4n) is 0.662. The molecule has 0 heterocycles. The number of benzene rings is 1. The molecule has 84 valence electrons. The van der Waals surface area contributed by atoms with Gasteiger partial charge < -0.3 is 20.7 Å². The lowest BCUT2D eigenvalue weighted by Crippen LogP contribution is -2.11. The second kappa shape index (κ2) is 7.78. The number of hydrogen-bond donors (Lipinski definition) is 3. The standard InChI is InChI=1S/C8H8O3.C2H7NO/c9-8(10)6-11-7-4-2-1-3-5-7;1-2(3)4/h1-5H,6H2,(H,9,10);2,4H,3H2,1H3. The summed E-state index contributed by atoms with van der Waals surface area (Å²) in [4.78, 5) is 10.0.